The SMILES string of the molecule is O=[Si]([O-])[O-].O=[Si]([O-])[O-].O=[Si]([O-])[O-].O=[Si]([O-])[O-].O=[Si]([O-])[O-].O=[Si]([O-])[O-].O=[Si]([O-])[O-].[Al+3].[Al+3].[Al+3].[Fe+3].[Fe+3].[Fe+3].[K+].[K+].[K+].[OH-].[OH-].[OH-].[OH-].[OH-].[OH-].[OH-]. The van der Waals surface area contributed by atoms with E-state index in [0.717, 1.165) is 0 Å². The van der Waals surface area contributed by atoms with Crippen LogP contribution in [0.1, 0.15) is 0 Å². The summed E-state index contributed by atoms with van der Waals surface area (Å²) in [6.07, 6.45) is 0. The second kappa shape index (κ2) is 157. The fourth-order valence-electron chi connectivity index (χ4n) is 0. The van der Waals surface area contributed by atoms with Gasteiger partial charge in [0.2, 0.25) is 0 Å². The third kappa shape index (κ3) is 3840. The van der Waals surface area contributed by atoms with Crippen molar-refractivity contribution in [3.05, 3.63) is 0 Å². The van der Waals surface area contributed by atoms with Crippen LogP contribution >= 0.6 is 0 Å². The Hall–Kier alpha value is 5.10. The van der Waals surface area contributed by atoms with Gasteiger partial charge in [0.1, 0.15) is 0 Å². The monoisotopic (exact) mass is 1020 g/mol. The Morgan fingerprint density at radius 3 is 0.227 bits per heavy atom. The average molecular weight is 1020 g/mol. The summed E-state index contributed by atoms with van der Waals surface area (Å²) in [6, 6.07) is 0. The molecule has 0 aromatic heterocycles. The van der Waals surface area contributed by atoms with Gasteiger partial charge in [-0.05, 0) is 0 Å². The summed E-state index contributed by atoms with van der Waals surface area (Å²) in [4.78, 5) is 119. The molecule has 0 aromatic rings. The third-order valence-electron chi connectivity index (χ3n) is 0. The molecule has 28 nitrogen and oxygen atoms in total. The summed E-state index contributed by atoms with van der Waals surface area (Å²) < 4.78 is 59.6. The van der Waals surface area contributed by atoms with Gasteiger partial charge in [-0.25, -0.2) is 0 Å². The van der Waals surface area contributed by atoms with Crippen LogP contribution in [0.5, 0.6) is 0 Å². The molecule has 44 heteroatoms. The van der Waals surface area contributed by atoms with Gasteiger partial charge in [0.25, 0.3) is 0 Å². The third-order valence-corrected chi connectivity index (χ3v) is 0. The minimum Gasteiger partial charge on any atom is -0.870 e. The van der Waals surface area contributed by atoms with Crippen molar-refractivity contribution in [2.75, 3.05) is 0 Å². The Labute approximate surface area is 448 Å². The van der Waals surface area contributed by atoms with Crippen molar-refractivity contribution in [3.63, 3.8) is 0 Å². The Bertz CT molecular complexity index is 351. The van der Waals surface area contributed by atoms with Crippen LogP contribution in [0.2, 0.25) is 0 Å². The van der Waals surface area contributed by atoms with Crippen LogP contribution in [0, 0.1) is 0 Å². The van der Waals surface area contributed by atoms with Gasteiger partial charge in [-0.1, -0.05) is 0 Å². The van der Waals surface area contributed by atoms with Gasteiger partial charge in [-0.15, -0.1) is 0 Å². The summed E-state index contributed by atoms with van der Waals surface area (Å²) in [7, 11) is -25.4. The average Bonchev–Trinajstić information content (AvgIpc) is 2.20. The van der Waals surface area contributed by atoms with Crippen molar-refractivity contribution in [1.82, 2.24) is 0 Å². The Kier molecular flexibility index (Phi) is 594. The maximum atomic E-state index is 8.52. The molecule has 3 radical (unpaired) electrons. The van der Waals surface area contributed by atoms with Crippen molar-refractivity contribution in [2.24, 2.45) is 0 Å². The molecule has 0 saturated heterocycles. The minimum atomic E-state index is -3.63. The number of hydrogen-bond acceptors (Lipinski definition) is 28. The molecule has 0 heterocycles. The first-order valence-corrected chi connectivity index (χ1v) is 12.9. The summed E-state index contributed by atoms with van der Waals surface area (Å²) in [5.74, 6) is 0. The van der Waals surface area contributed by atoms with E-state index < -0.39 is 64.2 Å². The zero-order chi connectivity index (χ0) is 25.0. The molecule has 0 bridgehead atoms. The molecule has 0 aliphatic heterocycles. The first-order valence-electron chi connectivity index (χ1n) is 4.29. The molecule has 0 saturated carbocycles. The normalized spacial score (nSPS) is 3.82. The van der Waals surface area contributed by atoms with Crippen LogP contribution in [0.4, 0.5) is 0 Å². The molecule has 7 N–H and O–H groups in total. The van der Waals surface area contributed by atoms with Crippen molar-refractivity contribution >= 4 is 116 Å². The predicted octanol–water partition coefficient (Wildman–Crippen LogP) is -31.5. The summed E-state index contributed by atoms with van der Waals surface area (Å²) in [5, 5.41) is 0. The van der Waals surface area contributed by atoms with Crippen LogP contribution < -0.4 is 221 Å². The number of hydrogen-bond donors (Lipinski definition) is 0. The molecule has 0 amide bonds. The first kappa shape index (κ1) is 167. The molecule has 0 fully saturated rings. The van der Waals surface area contributed by atoms with E-state index in [0.29, 0.717) is 0 Å². The smallest absolute Gasteiger partial charge is 0.870 e. The minimum absolute atomic E-state index is 0. The second-order valence-electron chi connectivity index (χ2n) is 1.75. The zero-order valence-corrected chi connectivity index (χ0v) is 44.1. The van der Waals surface area contributed by atoms with Crippen molar-refractivity contribution in [1.29, 1.82) is 0 Å². The van der Waals surface area contributed by atoms with E-state index in [9.17, 15) is 0 Å². The van der Waals surface area contributed by atoms with Gasteiger partial charge < -0.3 is 137 Å². The van der Waals surface area contributed by atoms with E-state index in [1.54, 1.807) is 0 Å². The van der Waals surface area contributed by atoms with Crippen LogP contribution in [0.3, 0.4) is 0 Å². The molecule has 0 atom stereocenters. The largest absolute Gasteiger partial charge is 3.00 e. The fraction of sp³-hybridized carbons (Fsp3) is 0. The maximum absolute atomic E-state index is 8.52. The standard InChI is InChI=1S/3Al.3Fe.3K.7O3Si.7H2O/c;;;;;;;;;7*1-4(2)3;;;;;;;/h;;;;;;;;;;;;;;;;7*1H2/q6*+3;3*+1;7*-2;;;;;;;/p-7. The predicted molar refractivity (Wildman–Crippen MR) is 75.9 cm³/mol. The van der Waals surface area contributed by atoms with Crippen LogP contribution in [0.15, 0.2) is 0 Å². The molecular weight excluding hydrogens is 1010 g/mol. The molecule has 0 aromatic carbocycles. The van der Waals surface area contributed by atoms with Gasteiger partial charge in [-0.2, -0.15) is 0 Å². The van der Waals surface area contributed by atoms with Crippen LogP contribution in [-0.4, -0.2) is 155 Å². The molecule has 0 spiro atoms. The fourth-order valence-corrected chi connectivity index (χ4v) is 0. The maximum Gasteiger partial charge on any atom is 3.00 e. The van der Waals surface area contributed by atoms with Gasteiger partial charge in [0, 0.05) is 64.2 Å². The van der Waals surface area contributed by atoms with Gasteiger partial charge in [0.15, 0.2) is 0 Å². The molecule has 239 valence electrons. The van der Waals surface area contributed by atoms with E-state index in [-0.39, 0.29) is 296 Å². The van der Waals surface area contributed by atoms with Gasteiger partial charge >= 0.3 is 257 Å². The van der Waals surface area contributed by atoms with Crippen LogP contribution in [0.25, 0.3) is 0 Å². The second-order valence-corrected chi connectivity index (χ2v) is 5.25. The molecule has 0 aliphatic rings. The van der Waals surface area contributed by atoms with Gasteiger partial charge in [-0.3, -0.25) is 0 Å². The molecule has 44 heavy (non-hydrogen) atoms. The molecule has 0 rings (SSSR count). The van der Waals surface area contributed by atoms with Crippen LogP contribution in [-0.2, 0) is 82.4 Å². The van der Waals surface area contributed by atoms with Crippen molar-refractivity contribution < 1.29 is 342 Å². The number of rotatable bonds is 0. The van der Waals surface area contributed by atoms with Crippen molar-refractivity contribution in [3.8, 4) is 0 Å². The van der Waals surface area contributed by atoms with E-state index in [1.807, 2.05) is 0 Å². The van der Waals surface area contributed by atoms with E-state index in [2.05, 4.69) is 0 Å². The Morgan fingerprint density at radius 1 is 0.227 bits per heavy atom. The zero-order valence-electron chi connectivity index (χ0n) is 21.0. The Balaban J connectivity index is -0.00000000525. The van der Waals surface area contributed by atoms with Gasteiger partial charge in [0.05, 0.1) is 0 Å². The van der Waals surface area contributed by atoms with E-state index >= 15 is 0 Å². The van der Waals surface area contributed by atoms with Crippen molar-refractivity contribution in [2.45, 2.75) is 0 Å². The first-order chi connectivity index (χ1) is 12.1. The van der Waals surface area contributed by atoms with E-state index in [4.69, 9.17) is 98.4 Å². The topological polar surface area (TPSA) is 652 Å². The summed E-state index contributed by atoms with van der Waals surface area (Å²) in [5.41, 5.74) is 0. The Morgan fingerprint density at radius 2 is 0.227 bits per heavy atom. The summed E-state index contributed by atoms with van der Waals surface area (Å²) in [6.45, 7) is 0. The van der Waals surface area contributed by atoms with E-state index in [1.165, 1.54) is 0 Å². The molecule has 0 unspecified atom stereocenters. The summed E-state index contributed by atoms with van der Waals surface area (Å²) >= 11 is 0. The quantitative estimate of drug-likeness (QED) is 0.203. The molecule has 0 aliphatic carbocycles. The molecular formula is H7Al3Fe3K3O28Si7.